The Morgan fingerprint density at radius 1 is 0.444 bits per heavy atom. The van der Waals surface area contributed by atoms with E-state index in [2.05, 4.69) is 0 Å². The monoisotopic (exact) mass is 449 g/mol. The molecule has 0 aliphatic heterocycles. The van der Waals surface area contributed by atoms with Gasteiger partial charge in [-0.1, -0.05) is 0 Å². The fourth-order valence-electron chi connectivity index (χ4n) is 0. The van der Waals surface area contributed by atoms with E-state index in [1.54, 1.807) is 0 Å². The van der Waals surface area contributed by atoms with Gasteiger partial charge in [0.25, 0.3) is 0 Å². The maximum atomic E-state index is 8.25. The van der Waals surface area contributed by atoms with E-state index in [1.165, 1.54) is 0 Å². The van der Waals surface area contributed by atoms with Crippen molar-refractivity contribution in [2.45, 2.75) is 0 Å². The molecule has 0 saturated carbocycles. The topological polar surface area (TPSA) is 265 Å². The van der Waals surface area contributed by atoms with Crippen molar-refractivity contribution < 1.29 is 37.4 Å². The van der Waals surface area contributed by atoms with Crippen LogP contribution in [0.3, 0.4) is 0 Å². The molecule has 18 heavy (non-hydrogen) atoms. The predicted molar refractivity (Wildman–Crippen MR) is 47.2 cm³/mol. The molecule has 0 rings (SSSR count). The van der Waals surface area contributed by atoms with Crippen molar-refractivity contribution in [2.75, 3.05) is 0 Å². The Morgan fingerprint density at radius 3 is 0.444 bits per heavy atom. The smallest absolute Gasteiger partial charge is 0.356 e. The van der Waals surface area contributed by atoms with E-state index in [9.17, 15) is 0 Å². The average molecular weight is 449 g/mol. The number of rotatable bonds is 0. The van der Waals surface area contributed by atoms with Gasteiger partial charge in [-0.05, 0) is 0 Å². The predicted octanol–water partition coefficient (Wildman–Crippen LogP) is -1.34. The van der Waals surface area contributed by atoms with Gasteiger partial charge in [0.15, 0.2) is 0 Å². The van der Waals surface area contributed by atoms with Crippen LogP contribution in [0, 0.1) is 61.3 Å². The minimum atomic E-state index is -1.75. The van der Waals surface area contributed by atoms with Gasteiger partial charge in [-0.2, -0.15) is 0 Å². The van der Waals surface area contributed by atoms with Gasteiger partial charge in [-0.15, -0.1) is 0 Å². The minimum absolute atomic E-state index is 0. The Kier molecular flexibility index (Phi) is 59.3. The van der Waals surface area contributed by atoms with E-state index in [-0.39, 0.29) is 65.9 Å². The standard InChI is InChI=1S/Ba.Cu.4NO3/c;;4*2-1(3)4/q2*+2;4*-1. The van der Waals surface area contributed by atoms with Crippen LogP contribution in [0.25, 0.3) is 0 Å². The molecule has 0 spiro atoms. The second-order valence-electron chi connectivity index (χ2n) is 0.894. The van der Waals surface area contributed by atoms with E-state index in [4.69, 9.17) is 61.3 Å². The van der Waals surface area contributed by atoms with Crippen LogP contribution in [0.4, 0.5) is 0 Å². The van der Waals surface area contributed by atoms with Crippen LogP contribution in [0.15, 0.2) is 0 Å². The summed E-state index contributed by atoms with van der Waals surface area (Å²) in [5, 5.41) is 59.0. The van der Waals surface area contributed by atoms with Gasteiger partial charge in [0, 0.05) is 0 Å². The molecule has 0 fully saturated rings. The van der Waals surface area contributed by atoms with Gasteiger partial charge < -0.3 is 61.3 Å². The third-order valence-corrected chi connectivity index (χ3v) is 0. The van der Waals surface area contributed by atoms with Gasteiger partial charge >= 0.3 is 65.9 Å². The van der Waals surface area contributed by atoms with Crippen LogP contribution in [0.2, 0.25) is 0 Å². The van der Waals surface area contributed by atoms with E-state index < -0.39 is 20.3 Å². The summed E-state index contributed by atoms with van der Waals surface area (Å²) >= 11 is 0. The quantitative estimate of drug-likeness (QED) is 0.236. The fraction of sp³-hybridized carbons (Fsp3) is 0. The van der Waals surface area contributed by atoms with Crippen molar-refractivity contribution in [1.82, 2.24) is 0 Å². The molecule has 0 aromatic rings. The minimum Gasteiger partial charge on any atom is -0.356 e. The second-order valence-corrected chi connectivity index (χ2v) is 0.894. The van der Waals surface area contributed by atoms with Crippen LogP contribution in [-0.2, 0) is 17.1 Å². The molecule has 1 radical (unpaired) electrons. The Labute approximate surface area is 146 Å². The van der Waals surface area contributed by atoms with Gasteiger partial charge in [0.05, 0.1) is 20.3 Å². The summed E-state index contributed by atoms with van der Waals surface area (Å²) in [4.78, 5) is 33.0. The van der Waals surface area contributed by atoms with Crippen molar-refractivity contribution in [2.24, 2.45) is 0 Å². The molecule has 0 atom stereocenters. The normalized spacial score (nSPS) is 5.33. The van der Waals surface area contributed by atoms with Gasteiger partial charge in [0.1, 0.15) is 0 Å². The molecular formula is BaCuN4O12. The zero-order valence-electron chi connectivity index (χ0n) is 7.70. The largest absolute Gasteiger partial charge is 2.00 e. The molecular weight excluding hydrogens is 449 g/mol. The van der Waals surface area contributed by atoms with Gasteiger partial charge in [-0.3, -0.25) is 0 Å². The first-order valence-electron chi connectivity index (χ1n) is 2.19. The molecule has 0 aliphatic rings. The average Bonchev–Trinajstić information content (AvgIpc) is 1.76. The van der Waals surface area contributed by atoms with E-state index in [0.717, 1.165) is 0 Å². The summed E-state index contributed by atoms with van der Waals surface area (Å²) in [6.45, 7) is 0. The Hall–Kier alpha value is -1.11. The first-order valence-corrected chi connectivity index (χ1v) is 2.19. The first kappa shape index (κ1) is 36.0. The van der Waals surface area contributed by atoms with E-state index in [1.807, 2.05) is 0 Å². The summed E-state index contributed by atoms with van der Waals surface area (Å²) in [5.41, 5.74) is 0. The molecule has 16 nitrogen and oxygen atoms in total. The maximum absolute atomic E-state index is 8.25. The van der Waals surface area contributed by atoms with Crippen molar-refractivity contribution in [3.8, 4) is 0 Å². The van der Waals surface area contributed by atoms with Crippen molar-refractivity contribution in [3.05, 3.63) is 61.3 Å². The van der Waals surface area contributed by atoms with Gasteiger partial charge in [0.2, 0.25) is 0 Å². The zero-order chi connectivity index (χ0) is 14.3. The number of hydrogen-bond donors (Lipinski definition) is 0. The van der Waals surface area contributed by atoms with Gasteiger partial charge in [-0.25, -0.2) is 0 Å². The van der Waals surface area contributed by atoms with Crippen LogP contribution in [0.1, 0.15) is 0 Å². The molecule has 0 aromatic carbocycles. The number of hydrogen-bond acceptors (Lipinski definition) is 12. The Morgan fingerprint density at radius 2 is 0.444 bits per heavy atom. The van der Waals surface area contributed by atoms with Crippen molar-refractivity contribution >= 4 is 48.9 Å². The van der Waals surface area contributed by atoms with E-state index >= 15 is 0 Å². The Balaban J connectivity index is -0.0000000257. The summed E-state index contributed by atoms with van der Waals surface area (Å²) < 4.78 is 0. The molecule has 0 aromatic heterocycles. The molecule has 105 valence electrons. The van der Waals surface area contributed by atoms with Crippen molar-refractivity contribution in [1.29, 1.82) is 0 Å². The molecule has 18 heteroatoms. The summed E-state index contributed by atoms with van der Waals surface area (Å²) in [5.74, 6) is 0. The number of nitrogens with zero attached hydrogens (tertiary/aromatic N) is 4. The summed E-state index contributed by atoms with van der Waals surface area (Å²) in [6.07, 6.45) is 0. The van der Waals surface area contributed by atoms with Crippen LogP contribution < -0.4 is 0 Å². The molecule has 0 bridgehead atoms. The third kappa shape index (κ3) is 2340. The molecule has 0 amide bonds. The van der Waals surface area contributed by atoms with Crippen LogP contribution in [0.5, 0.6) is 0 Å². The summed E-state index contributed by atoms with van der Waals surface area (Å²) in [7, 11) is 0. The molecule has 0 aliphatic carbocycles. The maximum Gasteiger partial charge on any atom is 2.00 e. The summed E-state index contributed by atoms with van der Waals surface area (Å²) in [6, 6.07) is 0. The SMILES string of the molecule is O=[N+]([O-])[O-].O=[N+]([O-])[O-].O=[N+]([O-])[O-].O=[N+]([O-])[O-].[Ba+2].[Cu+2]. The van der Waals surface area contributed by atoms with Crippen LogP contribution in [-0.4, -0.2) is 69.2 Å². The first-order chi connectivity index (χ1) is 6.93. The van der Waals surface area contributed by atoms with E-state index in [0.29, 0.717) is 0 Å². The molecule has 0 saturated heterocycles. The zero-order valence-corrected chi connectivity index (χ0v) is 13.1. The van der Waals surface area contributed by atoms with Crippen LogP contribution >= 0.6 is 0 Å². The second kappa shape index (κ2) is 29.7. The fourth-order valence-corrected chi connectivity index (χ4v) is 0. The molecule has 0 unspecified atom stereocenters. The molecule has 0 heterocycles. The molecule has 0 N–H and O–H groups in total. The third-order valence-electron chi connectivity index (χ3n) is 0. The van der Waals surface area contributed by atoms with Crippen molar-refractivity contribution in [3.63, 3.8) is 0 Å². The Bertz CT molecular complexity index is 164.